The van der Waals surface area contributed by atoms with E-state index >= 15 is 0 Å². The number of benzene rings is 1. The molecule has 3 N–H and O–H groups in total. The minimum absolute atomic E-state index is 0.0132. The average Bonchev–Trinajstić information content (AvgIpc) is 3.32. The number of hydrogen-bond donors (Lipinski definition) is 3. The predicted molar refractivity (Wildman–Crippen MR) is 149 cm³/mol. The van der Waals surface area contributed by atoms with Crippen molar-refractivity contribution in [2.24, 2.45) is 0 Å². The zero-order chi connectivity index (χ0) is 30.2. The molecule has 15 heteroatoms. The van der Waals surface area contributed by atoms with Gasteiger partial charge in [-0.2, -0.15) is 18.2 Å². The Hall–Kier alpha value is -3.03. The number of alkyl halides is 3. The molecule has 0 spiro atoms. The molecule has 1 unspecified atom stereocenters. The van der Waals surface area contributed by atoms with Crippen molar-refractivity contribution >= 4 is 39.2 Å². The first-order valence-electron chi connectivity index (χ1n) is 12.3. The van der Waals surface area contributed by atoms with Crippen LogP contribution in [0.3, 0.4) is 0 Å². The van der Waals surface area contributed by atoms with Crippen LogP contribution in [-0.4, -0.2) is 68.7 Å². The fourth-order valence-corrected chi connectivity index (χ4v) is 5.53. The molecule has 0 saturated carbocycles. The number of halogens is 3. The van der Waals surface area contributed by atoms with E-state index in [1.165, 1.54) is 29.1 Å². The van der Waals surface area contributed by atoms with E-state index < -0.39 is 48.7 Å². The predicted octanol–water partition coefficient (Wildman–Crippen LogP) is 3.33. The van der Waals surface area contributed by atoms with Gasteiger partial charge in [0.05, 0.1) is 24.8 Å². The number of ether oxygens (including phenoxy) is 2. The molecule has 0 bridgehead atoms. The fourth-order valence-electron chi connectivity index (χ4n) is 3.52. The van der Waals surface area contributed by atoms with Crippen molar-refractivity contribution in [1.82, 2.24) is 14.9 Å². The highest BCUT2D eigenvalue weighted by Crippen LogP contribution is 2.37. The molecular weight excluding hydrogens is 585 g/mol. The van der Waals surface area contributed by atoms with Gasteiger partial charge in [-0.25, -0.2) is 4.79 Å². The van der Waals surface area contributed by atoms with E-state index in [4.69, 9.17) is 9.47 Å². The maximum absolute atomic E-state index is 13.0. The smallest absolute Gasteiger partial charge is 0.394 e. The summed E-state index contributed by atoms with van der Waals surface area (Å²) in [6, 6.07) is 8.06. The maximum Gasteiger partial charge on any atom is 0.471 e. The summed E-state index contributed by atoms with van der Waals surface area (Å²) in [7, 11) is 3.13. The molecule has 0 radical (unpaired) electrons. The van der Waals surface area contributed by atoms with Gasteiger partial charge in [-0.05, 0) is 12.1 Å². The summed E-state index contributed by atoms with van der Waals surface area (Å²) < 4.78 is 50.3. The third-order valence-electron chi connectivity index (χ3n) is 5.35. The lowest BCUT2D eigenvalue weighted by Crippen LogP contribution is -2.36. The molecule has 1 fully saturated rings. The van der Waals surface area contributed by atoms with Crippen molar-refractivity contribution < 1.29 is 37.3 Å². The minimum atomic E-state index is -5.07. The van der Waals surface area contributed by atoms with E-state index in [1.807, 2.05) is 0 Å². The van der Waals surface area contributed by atoms with Crippen LogP contribution < -0.4 is 16.3 Å². The number of anilines is 1. The van der Waals surface area contributed by atoms with E-state index in [0.717, 1.165) is 4.57 Å². The van der Waals surface area contributed by atoms with E-state index in [1.54, 1.807) is 34.3 Å². The molecule has 41 heavy (non-hydrogen) atoms. The average molecular weight is 615 g/mol. The number of aromatic nitrogens is 2. The van der Waals surface area contributed by atoms with Crippen LogP contribution in [0.1, 0.15) is 49.3 Å². The number of carbonyl (C=O) groups excluding carboxylic acids is 2. The lowest BCUT2D eigenvalue weighted by molar-refractivity contribution is -0.173. The van der Waals surface area contributed by atoms with Crippen LogP contribution in [0.5, 0.6) is 0 Å². The molecule has 10 nitrogen and oxygen atoms in total. The topological polar surface area (TPSA) is 132 Å². The molecule has 2 aromatic rings. The Morgan fingerprint density at radius 1 is 1.24 bits per heavy atom. The van der Waals surface area contributed by atoms with Gasteiger partial charge in [0.15, 0.2) is 5.82 Å². The molecule has 2 heterocycles. The fraction of sp³-hybridized carbons (Fsp3) is 0.462. The number of nitrogens with zero attached hydrogens (tertiary/aromatic N) is 2. The van der Waals surface area contributed by atoms with Crippen LogP contribution in [0.15, 0.2) is 41.3 Å². The molecule has 3 atom stereocenters. The quantitative estimate of drug-likeness (QED) is 0.169. The second-order valence-corrected chi connectivity index (χ2v) is 12.7. The van der Waals surface area contributed by atoms with Gasteiger partial charge in [-0.1, -0.05) is 72.4 Å². The van der Waals surface area contributed by atoms with E-state index in [2.05, 4.69) is 42.9 Å². The summed E-state index contributed by atoms with van der Waals surface area (Å²) in [6.07, 6.45) is -5.79. The molecule has 2 amide bonds. The summed E-state index contributed by atoms with van der Waals surface area (Å²) in [5.74, 6) is 2.25. The Kier molecular flexibility index (Phi) is 11.3. The van der Waals surface area contributed by atoms with E-state index in [-0.39, 0.29) is 34.7 Å². The highest BCUT2D eigenvalue weighted by molar-refractivity contribution is 8.77. The van der Waals surface area contributed by atoms with Gasteiger partial charge in [0.25, 0.3) is 5.91 Å². The van der Waals surface area contributed by atoms with Crippen LogP contribution in [0, 0.1) is 11.8 Å². The van der Waals surface area contributed by atoms with Crippen LogP contribution in [0.25, 0.3) is 0 Å². The molecule has 1 aliphatic heterocycles. The van der Waals surface area contributed by atoms with Crippen molar-refractivity contribution in [1.29, 1.82) is 0 Å². The summed E-state index contributed by atoms with van der Waals surface area (Å²) in [5, 5.41) is 13.9. The standard InChI is InChI=1S/C26H29F3N4O6S2/c1-25(2,3)41-40-15-38-18-12-20(39-19(18)14-34)33-13-17(10-7-11-30-23(36)26(27,28)29)21(32-24(33)37)31-22(35)16-8-5-4-6-9-16/h4-6,8-9,13,18-20,34H,11-12,14-15H2,1-3H3,(H,30,36)(H,31,32,35,37)/t18?,19-,20-/m1/s1. The van der Waals surface area contributed by atoms with Gasteiger partial charge in [0.1, 0.15) is 18.3 Å². The Morgan fingerprint density at radius 2 is 1.95 bits per heavy atom. The lowest BCUT2D eigenvalue weighted by atomic mass is 10.2. The SMILES string of the molecule is CC(C)(C)SSCOC1C[C@H](n2cc(C#CCNC(=O)C(F)(F)F)c(NC(=O)c3ccccc3)nc2=O)O[C@@H]1CO. The van der Waals surface area contributed by atoms with Crippen LogP contribution in [-0.2, 0) is 14.3 Å². The first-order chi connectivity index (χ1) is 19.3. The van der Waals surface area contributed by atoms with Gasteiger partial charge >= 0.3 is 17.8 Å². The molecule has 1 aromatic heterocycles. The first-order valence-corrected chi connectivity index (χ1v) is 14.6. The van der Waals surface area contributed by atoms with Gasteiger partial charge < -0.3 is 25.2 Å². The Bertz CT molecular complexity index is 1340. The second-order valence-electron chi connectivity index (χ2n) is 9.68. The second kappa shape index (κ2) is 14.2. The van der Waals surface area contributed by atoms with Crippen molar-refractivity contribution in [3.05, 3.63) is 58.1 Å². The Balaban J connectivity index is 1.84. The summed E-state index contributed by atoms with van der Waals surface area (Å²) in [6.45, 7) is 5.16. The Labute approximate surface area is 242 Å². The molecule has 1 aliphatic rings. The minimum Gasteiger partial charge on any atom is -0.394 e. The zero-order valence-electron chi connectivity index (χ0n) is 22.4. The number of nitrogens with one attached hydrogen (secondary N) is 2. The number of hydrogen-bond acceptors (Lipinski definition) is 9. The number of aliphatic hydroxyl groups excluding tert-OH is 1. The van der Waals surface area contributed by atoms with Gasteiger partial charge in [-0.15, -0.1) is 0 Å². The van der Waals surface area contributed by atoms with E-state index in [9.17, 15) is 32.7 Å². The van der Waals surface area contributed by atoms with Crippen molar-refractivity contribution in [2.45, 2.75) is 56.6 Å². The largest absolute Gasteiger partial charge is 0.471 e. The summed E-state index contributed by atoms with van der Waals surface area (Å²) >= 11 is 0. The third kappa shape index (κ3) is 9.79. The number of rotatable bonds is 9. The summed E-state index contributed by atoms with van der Waals surface area (Å²) in [4.78, 5) is 40.7. The molecule has 1 aromatic carbocycles. The van der Waals surface area contributed by atoms with Crippen LogP contribution in [0.4, 0.5) is 19.0 Å². The van der Waals surface area contributed by atoms with Gasteiger partial charge in [0, 0.05) is 22.9 Å². The van der Waals surface area contributed by atoms with Gasteiger partial charge in [-0.3, -0.25) is 14.2 Å². The highest BCUT2D eigenvalue weighted by atomic mass is 33.1. The van der Waals surface area contributed by atoms with Crippen LogP contribution in [0.2, 0.25) is 0 Å². The summed E-state index contributed by atoms with van der Waals surface area (Å²) in [5.41, 5.74) is -0.549. The lowest BCUT2D eigenvalue weighted by Gasteiger charge is -2.19. The monoisotopic (exact) mass is 614 g/mol. The van der Waals surface area contributed by atoms with Crippen molar-refractivity contribution in [3.8, 4) is 11.8 Å². The van der Waals surface area contributed by atoms with Crippen LogP contribution >= 0.6 is 21.6 Å². The molecule has 1 saturated heterocycles. The number of carbonyl (C=O) groups is 2. The van der Waals surface area contributed by atoms with Crippen molar-refractivity contribution in [2.75, 3.05) is 24.4 Å². The Morgan fingerprint density at radius 3 is 2.59 bits per heavy atom. The third-order valence-corrected chi connectivity index (χ3v) is 8.34. The zero-order valence-corrected chi connectivity index (χ0v) is 24.0. The molecule has 0 aliphatic carbocycles. The van der Waals surface area contributed by atoms with E-state index in [0.29, 0.717) is 5.94 Å². The normalized spacial score (nSPS) is 18.9. The first kappa shape index (κ1) is 32.5. The molecule has 222 valence electrons. The number of amides is 2. The maximum atomic E-state index is 13.0. The molecular formula is C26H29F3N4O6S2. The van der Waals surface area contributed by atoms with Crippen molar-refractivity contribution in [3.63, 3.8) is 0 Å². The number of aliphatic hydroxyl groups is 1. The highest BCUT2D eigenvalue weighted by Gasteiger charge is 2.38. The molecule has 3 rings (SSSR count). The van der Waals surface area contributed by atoms with Gasteiger partial charge in [0.2, 0.25) is 0 Å².